The molecule has 4 rings (SSSR count). The number of hydrogen-bond acceptors (Lipinski definition) is 4. The van der Waals surface area contributed by atoms with Gasteiger partial charge in [0, 0.05) is 43.9 Å². The number of rotatable bonds is 3. The van der Waals surface area contributed by atoms with Crippen LogP contribution in [0.4, 0.5) is 5.82 Å². The fourth-order valence-electron chi connectivity index (χ4n) is 4.68. The number of hydrogen-bond donors (Lipinski definition) is 0. The van der Waals surface area contributed by atoms with Crippen LogP contribution in [0.5, 0.6) is 0 Å². The Morgan fingerprint density at radius 3 is 2.64 bits per heavy atom. The van der Waals surface area contributed by atoms with E-state index in [0.29, 0.717) is 17.2 Å². The number of amides is 1. The molecule has 0 unspecified atom stereocenters. The van der Waals surface area contributed by atoms with Crippen LogP contribution < -0.4 is 4.90 Å². The molecule has 1 amide bonds. The number of nitrogens with zero attached hydrogens (tertiary/aromatic N) is 4. The van der Waals surface area contributed by atoms with Crippen LogP contribution in [-0.4, -0.2) is 47.0 Å². The molecule has 1 saturated carbocycles. The lowest BCUT2D eigenvalue weighted by atomic mass is 9.72. The largest absolute Gasteiger partial charge is 0.356 e. The molecule has 1 aromatic rings. The summed E-state index contributed by atoms with van der Waals surface area (Å²) in [5.41, 5.74) is 1.45. The quantitative estimate of drug-likeness (QED) is 0.847. The van der Waals surface area contributed by atoms with E-state index in [2.05, 4.69) is 32.8 Å². The third-order valence-corrected chi connectivity index (χ3v) is 6.65. The summed E-state index contributed by atoms with van der Waals surface area (Å²) in [6.07, 6.45) is 10.9. The van der Waals surface area contributed by atoms with Gasteiger partial charge in [0.15, 0.2) is 0 Å². The minimum absolute atomic E-state index is 0.337. The molecule has 5 heteroatoms. The van der Waals surface area contributed by atoms with Gasteiger partial charge in [0.05, 0.1) is 0 Å². The smallest absolute Gasteiger partial charge is 0.225 e. The highest BCUT2D eigenvalue weighted by atomic mass is 16.2. The Bertz CT molecular complexity index is 620. The fourth-order valence-corrected chi connectivity index (χ4v) is 4.68. The van der Waals surface area contributed by atoms with Gasteiger partial charge in [-0.15, -0.1) is 0 Å². The molecule has 25 heavy (non-hydrogen) atoms. The Labute approximate surface area is 150 Å². The van der Waals surface area contributed by atoms with E-state index < -0.39 is 0 Å². The van der Waals surface area contributed by atoms with Gasteiger partial charge in [-0.25, -0.2) is 9.97 Å². The number of carbonyl (C=O) groups is 1. The van der Waals surface area contributed by atoms with Crippen LogP contribution in [-0.2, 0) is 11.2 Å². The highest BCUT2D eigenvalue weighted by Crippen LogP contribution is 2.41. The first-order valence-corrected chi connectivity index (χ1v) is 10.0. The number of piperidine rings is 2. The van der Waals surface area contributed by atoms with Crippen molar-refractivity contribution in [1.82, 2.24) is 14.9 Å². The first-order valence-electron chi connectivity index (χ1n) is 10.0. The number of aromatic nitrogens is 2. The van der Waals surface area contributed by atoms with Crippen molar-refractivity contribution in [2.45, 2.75) is 58.3 Å². The van der Waals surface area contributed by atoms with Crippen LogP contribution in [0.15, 0.2) is 12.4 Å². The maximum Gasteiger partial charge on any atom is 0.225 e. The molecule has 3 heterocycles. The first kappa shape index (κ1) is 16.8. The normalized spacial score (nSPS) is 23.6. The number of anilines is 1. The van der Waals surface area contributed by atoms with Crippen molar-refractivity contribution in [2.24, 2.45) is 11.3 Å². The van der Waals surface area contributed by atoms with E-state index >= 15 is 0 Å². The van der Waals surface area contributed by atoms with Crippen molar-refractivity contribution in [3.63, 3.8) is 0 Å². The maximum atomic E-state index is 12.7. The molecule has 1 spiro atoms. The monoisotopic (exact) mass is 342 g/mol. The number of carbonyl (C=O) groups excluding carboxylic acids is 1. The van der Waals surface area contributed by atoms with Crippen LogP contribution in [0.1, 0.15) is 57.6 Å². The molecule has 3 aliphatic rings. The predicted molar refractivity (Wildman–Crippen MR) is 98.4 cm³/mol. The topological polar surface area (TPSA) is 49.3 Å². The van der Waals surface area contributed by atoms with Gasteiger partial charge in [-0.2, -0.15) is 0 Å². The Balaban J connectivity index is 1.39. The molecule has 0 aromatic carbocycles. The summed E-state index contributed by atoms with van der Waals surface area (Å²) >= 11 is 0. The van der Waals surface area contributed by atoms with Crippen molar-refractivity contribution >= 4 is 11.7 Å². The lowest BCUT2D eigenvalue weighted by Gasteiger charge is -2.48. The lowest BCUT2D eigenvalue weighted by molar-refractivity contribution is -0.142. The second kappa shape index (κ2) is 6.93. The van der Waals surface area contributed by atoms with Crippen molar-refractivity contribution in [3.8, 4) is 0 Å². The zero-order chi connectivity index (χ0) is 17.3. The molecule has 0 radical (unpaired) electrons. The third-order valence-electron chi connectivity index (χ3n) is 6.65. The summed E-state index contributed by atoms with van der Waals surface area (Å²) in [5.74, 6) is 1.85. The summed E-state index contributed by atoms with van der Waals surface area (Å²) < 4.78 is 0. The van der Waals surface area contributed by atoms with Crippen molar-refractivity contribution in [2.75, 3.05) is 31.1 Å². The molecule has 136 valence electrons. The molecular weight excluding hydrogens is 312 g/mol. The summed E-state index contributed by atoms with van der Waals surface area (Å²) in [4.78, 5) is 26.1. The minimum Gasteiger partial charge on any atom is -0.356 e. The standard InChI is InChI=1S/C20H30N4O/c1-2-17-13-18(22-15-21-17)23-11-8-20(9-12-23)7-4-10-24(14-20)19(25)16-5-3-6-16/h13,15-16H,2-12,14H2,1H3. The molecule has 2 saturated heterocycles. The second-order valence-corrected chi connectivity index (χ2v) is 8.20. The van der Waals surface area contributed by atoms with Crippen molar-refractivity contribution in [1.29, 1.82) is 0 Å². The molecule has 1 aromatic heterocycles. The highest BCUT2D eigenvalue weighted by Gasteiger charge is 2.41. The van der Waals surface area contributed by atoms with Crippen LogP contribution >= 0.6 is 0 Å². The van der Waals surface area contributed by atoms with E-state index in [0.717, 1.165) is 57.0 Å². The SMILES string of the molecule is CCc1cc(N2CCC3(CCCN(C(=O)C4CCC4)C3)CC2)ncn1. The molecule has 1 aliphatic carbocycles. The molecular formula is C20H30N4O. The van der Waals surface area contributed by atoms with Gasteiger partial charge in [-0.3, -0.25) is 4.79 Å². The second-order valence-electron chi connectivity index (χ2n) is 8.20. The summed E-state index contributed by atoms with van der Waals surface area (Å²) in [5, 5.41) is 0. The van der Waals surface area contributed by atoms with Gasteiger partial charge in [-0.05, 0) is 50.4 Å². The summed E-state index contributed by atoms with van der Waals surface area (Å²) in [7, 11) is 0. The van der Waals surface area contributed by atoms with Gasteiger partial charge >= 0.3 is 0 Å². The molecule has 0 N–H and O–H groups in total. The van der Waals surface area contributed by atoms with Gasteiger partial charge < -0.3 is 9.80 Å². The van der Waals surface area contributed by atoms with Gasteiger partial charge in [0.25, 0.3) is 0 Å². The minimum atomic E-state index is 0.337. The average Bonchev–Trinajstić information content (AvgIpc) is 2.61. The lowest BCUT2D eigenvalue weighted by Crippen LogP contribution is -2.53. The zero-order valence-electron chi connectivity index (χ0n) is 15.4. The van der Waals surface area contributed by atoms with Crippen LogP contribution in [0.3, 0.4) is 0 Å². The van der Waals surface area contributed by atoms with E-state index in [1.54, 1.807) is 6.33 Å². The molecule has 3 fully saturated rings. The highest BCUT2D eigenvalue weighted by molar-refractivity contribution is 5.79. The number of aryl methyl sites for hydroxylation is 1. The van der Waals surface area contributed by atoms with Crippen LogP contribution in [0.2, 0.25) is 0 Å². The molecule has 0 bridgehead atoms. The molecule has 0 atom stereocenters. The van der Waals surface area contributed by atoms with Gasteiger partial charge in [0.1, 0.15) is 12.1 Å². The molecule has 2 aliphatic heterocycles. The predicted octanol–water partition coefficient (Wildman–Crippen LogP) is 3.05. The summed E-state index contributed by atoms with van der Waals surface area (Å²) in [6, 6.07) is 2.13. The average molecular weight is 342 g/mol. The first-order chi connectivity index (χ1) is 12.2. The van der Waals surface area contributed by atoms with E-state index in [1.165, 1.54) is 32.1 Å². The van der Waals surface area contributed by atoms with Crippen LogP contribution in [0.25, 0.3) is 0 Å². The van der Waals surface area contributed by atoms with Crippen molar-refractivity contribution < 1.29 is 4.79 Å². The van der Waals surface area contributed by atoms with Gasteiger partial charge in [-0.1, -0.05) is 13.3 Å². The maximum absolute atomic E-state index is 12.7. The Kier molecular flexibility index (Phi) is 4.65. The summed E-state index contributed by atoms with van der Waals surface area (Å²) in [6.45, 7) is 6.19. The zero-order valence-corrected chi connectivity index (χ0v) is 15.4. The van der Waals surface area contributed by atoms with Crippen molar-refractivity contribution in [3.05, 3.63) is 18.1 Å². The Morgan fingerprint density at radius 2 is 1.96 bits per heavy atom. The molecule has 5 nitrogen and oxygen atoms in total. The van der Waals surface area contributed by atoms with E-state index in [4.69, 9.17) is 0 Å². The van der Waals surface area contributed by atoms with E-state index in [-0.39, 0.29) is 0 Å². The van der Waals surface area contributed by atoms with E-state index in [1.807, 2.05) is 0 Å². The third kappa shape index (κ3) is 3.38. The van der Waals surface area contributed by atoms with E-state index in [9.17, 15) is 4.79 Å². The Hall–Kier alpha value is -1.65. The number of likely N-dealkylation sites (tertiary alicyclic amines) is 1. The Morgan fingerprint density at radius 1 is 1.16 bits per heavy atom. The van der Waals surface area contributed by atoms with Crippen LogP contribution in [0, 0.1) is 11.3 Å². The fraction of sp³-hybridized carbons (Fsp3) is 0.750. The van der Waals surface area contributed by atoms with Gasteiger partial charge in [0.2, 0.25) is 5.91 Å².